The molecule has 1 fully saturated rings. The Morgan fingerprint density at radius 2 is 2.06 bits per heavy atom. The number of likely N-dealkylation sites (N-methyl/N-ethyl adjacent to an activating group) is 1. The molecule has 1 N–H and O–H groups in total. The number of halogens is 1. The van der Waals surface area contributed by atoms with E-state index in [9.17, 15) is 9.90 Å². The highest BCUT2D eigenvalue weighted by Crippen LogP contribution is 2.08. The second kappa shape index (κ2) is 7.06. The number of aliphatic hydroxyl groups excluding tert-OH is 1. The maximum atomic E-state index is 10.6. The summed E-state index contributed by atoms with van der Waals surface area (Å²) in [6, 6.07) is 0. The van der Waals surface area contributed by atoms with Gasteiger partial charge < -0.3 is 31.5 Å². The molecule has 1 heterocycles. The molecule has 1 saturated heterocycles. The molecule has 0 amide bonds. The first-order valence-corrected chi connectivity index (χ1v) is 5.24. The minimum absolute atomic E-state index is 0. The van der Waals surface area contributed by atoms with Gasteiger partial charge >= 0.3 is 5.97 Å². The van der Waals surface area contributed by atoms with Crippen molar-refractivity contribution < 1.29 is 36.3 Å². The summed E-state index contributed by atoms with van der Waals surface area (Å²) < 4.78 is 10.8. The number of aliphatic hydroxyl groups is 1. The Morgan fingerprint density at radius 1 is 1.50 bits per heavy atom. The van der Waals surface area contributed by atoms with Crippen LogP contribution in [0, 0.1) is 0 Å². The fraction of sp³-hybridized carbons (Fsp3) is 0.900. The lowest BCUT2D eigenvalue weighted by Crippen LogP contribution is -3.00. The van der Waals surface area contributed by atoms with Crippen LogP contribution < -0.4 is 12.4 Å². The van der Waals surface area contributed by atoms with Crippen molar-refractivity contribution in [2.45, 2.75) is 13.0 Å². The molecule has 1 unspecified atom stereocenters. The largest absolute Gasteiger partial charge is 1.00 e. The highest BCUT2D eigenvalue weighted by atomic mass is 35.5. The van der Waals surface area contributed by atoms with Crippen LogP contribution in [0.1, 0.15) is 6.92 Å². The van der Waals surface area contributed by atoms with Crippen LogP contribution in [-0.2, 0) is 14.3 Å². The standard InChI is InChI=1S/C10H20NO4.ClH/c1-9(12)15-8-10(13)7-11(2)3-5-14-6-4-11;/h10,13H,3-8H2,1-2H3;1H/q+1;/p-1. The smallest absolute Gasteiger partial charge is 0.302 e. The van der Waals surface area contributed by atoms with Crippen molar-refractivity contribution in [3.05, 3.63) is 0 Å². The maximum absolute atomic E-state index is 10.6. The average molecular weight is 254 g/mol. The van der Waals surface area contributed by atoms with Gasteiger partial charge in [-0.1, -0.05) is 0 Å². The van der Waals surface area contributed by atoms with E-state index in [1.54, 1.807) is 0 Å². The van der Waals surface area contributed by atoms with Crippen molar-refractivity contribution in [3.63, 3.8) is 0 Å². The van der Waals surface area contributed by atoms with E-state index in [1.165, 1.54) is 6.92 Å². The van der Waals surface area contributed by atoms with Crippen LogP contribution in [0.15, 0.2) is 0 Å². The highest BCUT2D eigenvalue weighted by Gasteiger charge is 2.28. The minimum atomic E-state index is -0.586. The fourth-order valence-electron chi connectivity index (χ4n) is 1.74. The number of esters is 1. The average Bonchev–Trinajstić information content (AvgIpc) is 2.15. The SMILES string of the molecule is CC(=O)OCC(O)C[N+]1(C)CCOCC1.[Cl-]. The van der Waals surface area contributed by atoms with Gasteiger partial charge in [-0.2, -0.15) is 0 Å². The van der Waals surface area contributed by atoms with Gasteiger partial charge in [0.1, 0.15) is 32.3 Å². The van der Waals surface area contributed by atoms with E-state index in [1.807, 2.05) is 0 Å². The molecule has 0 aromatic carbocycles. The zero-order valence-corrected chi connectivity index (χ0v) is 10.6. The Balaban J connectivity index is 0.00000225. The number of hydrogen-bond acceptors (Lipinski definition) is 4. The predicted molar refractivity (Wildman–Crippen MR) is 54.2 cm³/mol. The van der Waals surface area contributed by atoms with E-state index in [2.05, 4.69) is 7.05 Å². The summed E-state index contributed by atoms with van der Waals surface area (Å²) in [5.74, 6) is -0.348. The third-order valence-corrected chi connectivity index (χ3v) is 2.68. The normalized spacial score (nSPS) is 20.7. The number of carbonyl (C=O) groups excluding carboxylic acids is 1. The van der Waals surface area contributed by atoms with Crippen LogP contribution in [0.2, 0.25) is 0 Å². The van der Waals surface area contributed by atoms with Crippen molar-refractivity contribution in [3.8, 4) is 0 Å². The van der Waals surface area contributed by atoms with Gasteiger partial charge in [-0.25, -0.2) is 0 Å². The molecule has 16 heavy (non-hydrogen) atoms. The molecular formula is C10H20ClNO4. The van der Waals surface area contributed by atoms with Gasteiger partial charge in [0.15, 0.2) is 0 Å². The van der Waals surface area contributed by atoms with Crippen molar-refractivity contribution in [2.75, 3.05) is 46.5 Å². The van der Waals surface area contributed by atoms with Gasteiger partial charge in [0.25, 0.3) is 0 Å². The third-order valence-electron chi connectivity index (χ3n) is 2.68. The summed E-state index contributed by atoms with van der Waals surface area (Å²) >= 11 is 0. The van der Waals surface area contributed by atoms with Crippen LogP contribution in [0.4, 0.5) is 0 Å². The molecule has 0 spiro atoms. The number of hydrogen-bond donors (Lipinski definition) is 1. The van der Waals surface area contributed by atoms with Crippen molar-refractivity contribution in [1.29, 1.82) is 0 Å². The number of rotatable bonds is 4. The van der Waals surface area contributed by atoms with E-state index in [-0.39, 0.29) is 25.0 Å². The van der Waals surface area contributed by atoms with E-state index in [4.69, 9.17) is 9.47 Å². The van der Waals surface area contributed by atoms with Gasteiger partial charge in [-0.15, -0.1) is 0 Å². The topological polar surface area (TPSA) is 55.8 Å². The molecule has 0 bridgehead atoms. The van der Waals surface area contributed by atoms with Crippen LogP contribution >= 0.6 is 0 Å². The second-order valence-corrected chi connectivity index (χ2v) is 4.32. The van der Waals surface area contributed by atoms with E-state index < -0.39 is 6.10 Å². The minimum Gasteiger partial charge on any atom is -1.00 e. The lowest BCUT2D eigenvalue weighted by molar-refractivity contribution is -0.919. The van der Waals surface area contributed by atoms with Gasteiger partial charge in [0.05, 0.1) is 20.3 Å². The van der Waals surface area contributed by atoms with Gasteiger partial charge in [0, 0.05) is 6.92 Å². The lowest BCUT2D eigenvalue weighted by Gasteiger charge is -2.38. The lowest BCUT2D eigenvalue weighted by atomic mass is 10.2. The summed E-state index contributed by atoms with van der Waals surface area (Å²) in [6.45, 7) is 5.31. The Morgan fingerprint density at radius 3 is 2.56 bits per heavy atom. The van der Waals surface area contributed by atoms with Crippen LogP contribution in [0.5, 0.6) is 0 Å². The van der Waals surface area contributed by atoms with Crippen LogP contribution in [-0.4, -0.2) is 68.2 Å². The van der Waals surface area contributed by atoms with E-state index in [0.717, 1.165) is 30.8 Å². The highest BCUT2D eigenvalue weighted by molar-refractivity contribution is 5.65. The van der Waals surface area contributed by atoms with Crippen molar-refractivity contribution in [2.24, 2.45) is 0 Å². The molecule has 6 heteroatoms. The molecule has 0 aliphatic carbocycles. The van der Waals surface area contributed by atoms with Crippen molar-refractivity contribution >= 4 is 5.97 Å². The fourth-order valence-corrected chi connectivity index (χ4v) is 1.74. The maximum Gasteiger partial charge on any atom is 0.302 e. The number of morpholine rings is 1. The number of carbonyl (C=O) groups is 1. The molecule has 1 aliphatic heterocycles. The Labute approximate surface area is 102 Å². The molecule has 1 atom stereocenters. The van der Waals surface area contributed by atoms with Gasteiger partial charge in [-0.05, 0) is 0 Å². The third kappa shape index (κ3) is 5.65. The molecule has 0 aromatic heterocycles. The molecular weight excluding hydrogens is 234 g/mol. The first-order chi connectivity index (χ1) is 7.02. The van der Waals surface area contributed by atoms with Crippen molar-refractivity contribution in [1.82, 2.24) is 0 Å². The number of ether oxygens (including phenoxy) is 2. The number of nitrogens with zero attached hydrogens (tertiary/aromatic N) is 1. The molecule has 0 radical (unpaired) electrons. The quantitative estimate of drug-likeness (QED) is 0.416. The van der Waals surface area contributed by atoms with Crippen LogP contribution in [0.3, 0.4) is 0 Å². The van der Waals surface area contributed by atoms with E-state index >= 15 is 0 Å². The Bertz CT molecular complexity index is 219. The zero-order valence-electron chi connectivity index (χ0n) is 9.82. The van der Waals surface area contributed by atoms with Crippen LogP contribution in [0.25, 0.3) is 0 Å². The van der Waals surface area contributed by atoms with Gasteiger partial charge in [0.2, 0.25) is 0 Å². The molecule has 5 nitrogen and oxygen atoms in total. The molecule has 0 aromatic rings. The monoisotopic (exact) mass is 253 g/mol. The molecule has 1 rings (SSSR count). The van der Waals surface area contributed by atoms with E-state index in [0.29, 0.717) is 6.54 Å². The Hall–Kier alpha value is -0.360. The summed E-state index contributed by atoms with van der Waals surface area (Å²) in [6.07, 6.45) is -0.586. The summed E-state index contributed by atoms with van der Waals surface area (Å²) in [4.78, 5) is 10.6. The summed E-state index contributed by atoms with van der Waals surface area (Å²) in [7, 11) is 2.08. The first kappa shape index (κ1) is 15.6. The second-order valence-electron chi connectivity index (χ2n) is 4.32. The predicted octanol–water partition coefficient (Wildman–Crippen LogP) is -3.61. The summed E-state index contributed by atoms with van der Waals surface area (Å²) in [5, 5.41) is 9.68. The first-order valence-electron chi connectivity index (χ1n) is 5.24. The molecule has 1 aliphatic rings. The number of quaternary nitrogens is 1. The van der Waals surface area contributed by atoms with Gasteiger partial charge in [-0.3, -0.25) is 4.79 Å². The molecule has 0 saturated carbocycles. The summed E-state index contributed by atoms with van der Waals surface area (Å²) in [5.41, 5.74) is 0. The Kier molecular flexibility index (Phi) is 6.90. The zero-order chi connectivity index (χ0) is 11.3. The molecule has 96 valence electrons.